The van der Waals surface area contributed by atoms with E-state index in [4.69, 9.17) is 4.74 Å². The van der Waals surface area contributed by atoms with E-state index in [1.54, 1.807) is 41.4 Å². The minimum atomic E-state index is -0.347. The van der Waals surface area contributed by atoms with E-state index in [9.17, 15) is 14.7 Å². The second-order valence-corrected chi connectivity index (χ2v) is 10.3. The molecule has 4 rings (SSSR count). The Morgan fingerprint density at radius 2 is 2.03 bits per heavy atom. The molecule has 0 saturated heterocycles. The SMILES string of the molecule is C[C@@H]1CN([C@H](C)CO)C(=O)c2cccc(NC(=O)c3ccc(-c4nccs4)cc3)c2O[C@@H]1CN(C)C. The molecule has 0 saturated carbocycles. The summed E-state index contributed by atoms with van der Waals surface area (Å²) in [6.07, 6.45) is 1.52. The Morgan fingerprint density at radius 1 is 1.28 bits per heavy atom. The Morgan fingerprint density at radius 3 is 2.67 bits per heavy atom. The molecule has 0 aliphatic carbocycles. The smallest absolute Gasteiger partial charge is 0.258 e. The van der Waals surface area contributed by atoms with Crippen LogP contribution in [0.25, 0.3) is 10.6 Å². The van der Waals surface area contributed by atoms with Gasteiger partial charge < -0.3 is 25.0 Å². The molecule has 0 radical (unpaired) electrons. The van der Waals surface area contributed by atoms with Crippen LogP contribution in [0.5, 0.6) is 5.75 Å². The first kappa shape index (κ1) is 25.8. The number of nitrogens with zero attached hydrogens (tertiary/aromatic N) is 3. The van der Waals surface area contributed by atoms with Crippen molar-refractivity contribution in [2.45, 2.75) is 26.0 Å². The molecule has 0 spiro atoms. The summed E-state index contributed by atoms with van der Waals surface area (Å²) in [6, 6.07) is 12.1. The number of rotatable bonds is 7. The number of aliphatic hydroxyl groups excluding tert-OH is 1. The number of nitrogens with one attached hydrogen (secondary N) is 1. The number of hydrogen-bond donors (Lipinski definition) is 2. The molecule has 0 fully saturated rings. The van der Waals surface area contributed by atoms with Crippen molar-refractivity contribution in [2.24, 2.45) is 5.92 Å². The van der Waals surface area contributed by atoms with Gasteiger partial charge in [-0.1, -0.05) is 25.1 Å². The van der Waals surface area contributed by atoms with Crippen LogP contribution in [-0.2, 0) is 0 Å². The van der Waals surface area contributed by atoms with E-state index in [0.717, 1.165) is 10.6 Å². The van der Waals surface area contributed by atoms with Crippen molar-refractivity contribution in [3.63, 3.8) is 0 Å². The Labute approximate surface area is 215 Å². The summed E-state index contributed by atoms with van der Waals surface area (Å²) < 4.78 is 6.45. The van der Waals surface area contributed by atoms with Gasteiger partial charge in [0.1, 0.15) is 11.1 Å². The number of carbonyl (C=O) groups is 2. The first-order valence-electron chi connectivity index (χ1n) is 12.0. The molecule has 190 valence electrons. The fourth-order valence-corrected chi connectivity index (χ4v) is 4.89. The number of aromatic nitrogens is 1. The summed E-state index contributed by atoms with van der Waals surface area (Å²) in [4.78, 5) is 34.7. The zero-order valence-corrected chi connectivity index (χ0v) is 21.8. The van der Waals surface area contributed by atoms with Crippen LogP contribution in [0.15, 0.2) is 54.0 Å². The molecule has 8 nitrogen and oxygen atoms in total. The Hall–Kier alpha value is -3.27. The van der Waals surface area contributed by atoms with Gasteiger partial charge in [0.05, 0.1) is 23.9 Å². The number of para-hydroxylation sites is 1. The molecule has 9 heteroatoms. The summed E-state index contributed by atoms with van der Waals surface area (Å²) >= 11 is 1.54. The number of aliphatic hydroxyl groups is 1. The average molecular weight is 509 g/mol. The van der Waals surface area contributed by atoms with Gasteiger partial charge in [-0.05, 0) is 45.3 Å². The first-order valence-corrected chi connectivity index (χ1v) is 12.8. The van der Waals surface area contributed by atoms with E-state index in [1.807, 2.05) is 50.4 Å². The van der Waals surface area contributed by atoms with Crippen molar-refractivity contribution in [1.29, 1.82) is 0 Å². The Kier molecular flexibility index (Phi) is 8.03. The second-order valence-electron chi connectivity index (χ2n) is 9.44. The predicted octanol–water partition coefficient (Wildman–Crippen LogP) is 3.84. The summed E-state index contributed by atoms with van der Waals surface area (Å²) in [5, 5.41) is 15.5. The number of carbonyl (C=O) groups excluding carboxylic acids is 2. The van der Waals surface area contributed by atoms with E-state index < -0.39 is 0 Å². The van der Waals surface area contributed by atoms with Gasteiger partial charge in [-0.2, -0.15) is 0 Å². The number of ether oxygens (including phenoxy) is 1. The van der Waals surface area contributed by atoms with Gasteiger partial charge in [-0.15, -0.1) is 11.3 Å². The van der Waals surface area contributed by atoms with Gasteiger partial charge >= 0.3 is 0 Å². The quantitative estimate of drug-likeness (QED) is 0.504. The molecule has 1 aromatic heterocycles. The Bertz CT molecular complexity index is 1200. The van der Waals surface area contributed by atoms with E-state index in [-0.39, 0.29) is 36.5 Å². The average Bonchev–Trinajstić information content (AvgIpc) is 3.41. The third-order valence-corrected chi connectivity index (χ3v) is 7.13. The van der Waals surface area contributed by atoms with Crippen LogP contribution in [-0.4, -0.2) is 77.6 Å². The molecule has 2 amide bonds. The lowest BCUT2D eigenvalue weighted by Gasteiger charge is -2.38. The number of fused-ring (bicyclic) bond motifs is 1. The molecule has 2 heterocycles. The largest absolute Gasteiger partial charge is 0.486 e. The van der Waals surface area contributed by atoms with E-state index in [1.165, 1.54) is 11.3 Å². The number of thiazole rings is 1. The lowest BCUT2D eigenvalue weighted by atomic mass is 9.99. The van der Waals surface area contributed by atoms with Gasteiger partial charge in [-0.3, -0.25) is 9.59 Å². The maximum absolute atomic E-state index is 13.5. The molecular formula is C27H32N4O4S. The van der Waals surface area contributed by atoms with Crippen molar-refractivity contribution < 1.29 is 19.4 Å². The number of likely N-dealkylation sites (N-methyl/N-ethyl adjacent to an activating group) is 1. The van der Waals surface area contributed by atoms with Crippen molar-refractivity contribution in [1.82, 2.24) is 14.8 Å². The monoisotopic (exact) mass is 508 g/mol. The van der Waals surface area contributed by atoms with Crippen LogP contribution in [0.4, 0.5) is 5.69 Å². The molecule has 3 aromatic rings. The summed E-state index contributed by atoms with van der Waals surface area (Å²) in [5.41, 5.74) is 2.23. The highest BCUT2D eigenvalue weighted by Crippen LogP contribution is 2.35. The first-order chi connectivity index (χ1) is 17.3. The van der Waals surface area contributed by atoms with E-state index in [0.29, 0.717) is 35.7 Å². The van der Waals surface area contributed by atoms with E-state index >= 15 is 0 Å². The molecular weight excluding hydrogens is 476 g/mol. The molecule has 1 aliphatic heterocycles. The lowest BCUT2D eigenvalue weighted by molar-refractivity contribution is 0.0365. The van der Waals surface area contributed by atoms with Crippen LogP contribution >= 0.6 is 11.3 Å². The topological polar surface area (TPSA) is 95.0 Å². The highest BCUT2D eigenvalue weighted by atomic mass is 32.1. The lowest BCUT2D eigenvalue weighted by Crippen LogP contribution is -2.49. The standard InChI is InChI=1S/C27H32N4O4S/c1-17-14-31(18(2)16-32)27(34)21-6-5-7-22(24(21)35-23(17)15-30(3)4)29-25(33)19-8-10-20(11-9-19)26-28-12-13-36-26/h5-13,17-18,23,32H,14-16H2,1-4H3,(H,29,33)/t17-,18-,23-/m1/s1. The molecule has 0 bridgehead atoms. The summed E-state index contributed by atoms with van der Waals surface area (Å²) in [6.45, 7) is 4.82. The molecule has 2 N–H and O–H groups in total. The van der Waals surface area contributed by atoms with Gasteiger partial charge in [0.25, 0.3) is 11.8 Å². The normalized spacial score (nSPS) is 18.7. The maximum Gasteiger partial charge on any atom is 0.258 e. The second kappa shape index (κ2) is 11.2. The number of hydrogen-bond acceptors (Lipinski definition) is 7. The minimum Gasteiger partial charge on any atom is -0.486 e. The predicted molar refractivity (Wildman–Crippen MR) is 142 cm³/mol. The van der Waals surface area contributed by atoms with Crippen LogP contribution in [0.2, 0.25) is 0 Å². The zero-order valence-electron chi connectivity index (χ0n) is 21.0. The zero-order chi connectivity index (χ0) is 25.8. The number of benzene rings is 2. The third kappa shape index (κ3) is 5.59. The van der Waals surface area contributed by atoms with Crippen molar-refractivity contribution in [3.05, 3.63) is 65.2 Å². The van der Waals surface area contributed by atoms with Crippen molar-refractivity contribution in [2.75, 3.05) is 39.1 Å². The minimum absolute atomic E-state index is 0.000614. The number of anilines is 1. The molecule has 3 atom stereocenters. The van der Waals surface area contributed by atoms with Crippen LogP contribution < -0.4 is 10.1 Å². The van der Waals surface area contributed by atoms with Crippen LogP contribution in [0.3, 0.4) is 0 Å². The van der Waals surface area contributed by atoms with Gasteiger partial charge in [0.2, 0.25) is 0 Å². The maximum atomic E-state index is 13.5. The van der Waals surface area contributed by atoms with E-state index in [2.05, 4.69) is 10.3 Å². The van der Waals surface area contributed by atoms with Crippen molar-refractivity contribution >= 4 is 28.8 Å². The summed E-state index contributed by atoms with van der Waals surface area (Å²) in [7, 11) is 3.94. The van der Waals surface area contributed by atoms with Gasteiger partial charge in [0, 0.05) is 41.7 Å². The Balaban J connectivity index is 1.66. The highest BCUT2D eigenvalue weighted by molar-refractivity contribution is 7.13. The van der Waals surface area contributed by atoms with Gasteiger partial charge in [-0.25, -0.2) is 4.98 Å². The summed E-state index contributed by atoms with van der Waals surface area (Å²) in [5.74, 6) is -0.181. The van der Waals surface area contributed by atoms with Crippen LogP contribution in [0, 0.1) is 5.92 Å². The van der Waals surface area contributed by atoms with Crippen LogP contribution in [0.1, 0.15) is 34.6 Å². The molecule has 2 aromatic carbocycles. The van der Waals surface area contributed by atoms with Crippen molar-refractivity contribution in [3.8, 4) is 16.3 Å². The van der Waals surface area contributed by atoms with Gasteiger partial charge in [0.15, 0.2) is 5.75 Å². The molecule has 1 aliphatic rings. The fourth-order valence-electron chi connectivity index (χ4n) is 4.24. The highest BCUT2D eigenvalue weighted by Gasteiger charge is 2.34. The number of amides is 2. The third-order valence-electron chi connectivity index (χ3n) is 6.31. The fraction of sp³-hybridized carbons (Fsp3) is 0.370. The molecule has 0 unspecified atom stereocenters. The molecule has 36 heavy (non-hydrogen) atoms.